The maximum absolute atomic E-state index is 14.0. The number of amides is 1. The van der Waals surface area contributed by atoms with E-state index >= 15 is 0 Å². The molecule has 3 aromatic carbocycles. The smallest absolute Gasteiger partial charge is 0.223 e. The van der Waals surface area contributed by atoms with Crippen LogP contribution in [-0.2, 0) is 11.3 Å². The summed E-state index contributed by atoms with van der Waals surface area (Å²) in [6.07, 6.45) is 1.54. The molecule has 1 amide bonds. The van der Waals surface area contributed by atoms with Crippen LogP contribution >= 0.6 is 11.6 Å². The zero-order valence-electron chi connectivity index (χ0n) is 17.3. The number of likely N-dealkylation sites (tertiary alicyclic amines) is 1. The van der Waals surface area contributed by atoms with E-state index in [1.807, 2.05) is 30.3 Å². The third-order valence-electron chi connectivity index (χ3n) is 5.76. The van der Waals surface area contributed by atoms with Crippen LogP contribution in [-0.4, -0.2) is 37.0 Å². The highest BCUT2D eigenvalue weighted by atomic mass is 35.5. The van der Waals surface area contributed by atoms with Gasteiger partial charge in [0.05, 0.1) is 6.54 Å². The SMILES string of the molecule is O=C(NCCOc1ccc2ccccc2c1)C1CCN(Cc2ccc(Cl)cc2F)CC1. The Morgan fingerprint density at radius 1 is 1.06 bits per heavy atom. The fourth-order valence-corrected chi connectivity index (χ4v) is 4.15. The van der Waals surface area contributed by atoms with Crippen molar-refractivity contribution in [2.24, 2.45) is 5.92 Å². The van der Waals surface area contributed by atoms with Crippen LogP contribution in [0.5, 0.6) is 5.75 Å². The molecule has 1 N–H and O–H groups in total. The van der Waals surface area contributed by atoms with Crippen LogP contribution in [0, 0.1) is 11.7 Å². The summed E-state index contributed by atoms with van der Waals surface area (Å²) in [6, 6.07) is 18.9. The molecule has 3 aromatic rings. The van der Waals surface area contributed by atoms with E-state index in [0.717, 1.165) is 37.1 Å². The van der Waals surface area contributed by atoms with Crippen molar-refractivity contribution < 1.29 is 13.9 Å². The summed E-state index contributed by atoms with van der Waals surface area (Å²) in [7, 11) is 0. The number of carbonyl (C=O) groups is 1. The van der Waals surface area contributed by atoms with Crippen molar-refractivity contribution in [1.29, 1.82) is 0 Å². The second kappa shape index (κ2) is 10.1. The Balaban J connectivity index is 1.17. The van der Waals surface area contributed by atoms with Crippen LogP contribution < -0.4 is 10.1 Å². The van der Waals surface area contributed by atoms with Gasteiger partial charge in [-0.2, -0.15) is 0 Å². The van der Waals surface area contributed by atoms with E-state index in [2.05, 4.69) is 22.3 Å². The van der Waals surface area contributed by atoms with Crippen molar-refractivity contribution in [3.63, 3.8) is 0 Å². The molecule has 4 rings (SSSR count). The number of piperidine rings is 1. The summed E-state index contributed by atoms with van der Waals surface area (Å²) in [5, 5.41) is 5.69. The standard InChI is InChI=1S/C25H26ClFN2O2/c26-22-7-5-21(24(27)16-22)17-29-12-9-19(10-13-29)25(30)28-11-14-31-23-8-6-18-3-1-2-4-20(18)15-23/h1-8,15-16,19H,9-14,17H2,(H,28,30). The molecule has 1 aliphatic heterocycles. The molecule has 1 fully saturated rings. The molecule has 0 bridgehead atoms. The number of hydrogen-bond donors (Lipinski definition) is 1. The monoisotopic (exact) mass is 440 g/mol. The van der Waals surface area contributed by atoms with Gasteiger partial charge in [-0.1, -0.05) is 48.0 Å². The molecule has 0 aliphatic carbocycles. The predicted molar refractivity (Wildman–Crippen MR) is 122 cm³/mol. The molecule has 0 saturated carbocycles. The minimum absolute atomic E-state index is 0.00742. The summed E-state index contributed by atoms with van der Waals surface area (Å²) in [5.74, 6) is 0.584. The lowest BCUT2D eigenvalue weighted by molar-refractivity contribution is -0.126. The highest BCUT2D eigenvalue weighted by Gasteiger charge is 2.25. The number of halogens is 2. The third-order valence-corrected chi connectivity index (χ3v) is 5.99. The third kappa shape index (κ3) is 5.75. The largest absolute Gasteiger partial charge is 0.492 e. The van der Waals surface area contributed by atoms with E-state index in [0.29, 0.717) is 30.3 Å². The van der Waals surface area contributed by atoms with E-state index in [1.54, 1.807) is 12.1 Å². The Hall–Kier alpha value is -2.63. The number of rotatable bonds is 7. The van der Waals surface area contributed by atoms with E-state index in [-0.39, 0.29) is 17.6 Å². The highest BCUT2D eigenvalue weighted by Crippen LogP contribution is 2.22. The first-order valence-electron chi connectivity index (χ1n) is 10.6. The van der Waals surface area contributed by atoms with Crippen molar-refractivity contribution >= 4 is 28.3 Å². The van der Waals surface area contributed by atoms with Gasteiger partial charge in [0.1, 0.15) is 18.2 Å². The van der Waals surface area contributed by atoms with Gasteiger partial charge in [-0.15, -0.1) is 0 Å². The zero-order valence-corrected chi connectivity index (χ0v) is 18.1. The quantitative estimate of drug-likeness (QED) is 0.523. The molecule has 162 valence electrons. The van der Waals surface area contributed by atoms with Crippen molar-refractivity contribution in [2.75, 3.05) is 26.2 Å². The number of benzene rings is 3. The lowest BCUT2D eigenvalue weighted by Crippen LogP contribution is -2.41. The minimum atomic E-state index is -0.279. The minimum Gasteiger partial charge on any atom is -0.492 e. The number of ether oxygens (including phenoxy) is 1. The second-order valence-electron chi connectivity index (χ2n) is 7.93. The first-order valence-corrected chi connectivity index (χ1v) is 11.0. The molecule has 0 unspecified atom stereocenters. The van der Waals surface area contributed by atoms with Crippen LogP contribution in [0.25, 0.3) is 10.8 Å². The number of carbonyl (C=O) groups excluding carboxylic acids is 1. The topological polar surface area (TPSA) is 41.6 Å². The van der Waals surface area contributed by atoms with Crippen molar-refractivity contribution in [1.82, 2.24) is 10.2 Å². The molecule has 31 heavy (non-hydrogen) atoms. The number of hydrogen-bond acceptors (Lipinski definition) is 3. The van der Waals surface area contributed by atoms with Gasteiger partial charge in [0.15, 0.2) is 0 Å². The lowest BCUT2D eigenvalue weighted by Gasteiger charge is -2.31. The van der Waals surface area contributed by atoms with Gasteiger partial charge < -0.3 is 10.1 Å². The van der Waals surface area contributed by atoms with Crippen LogP contribution in [0.15, 0.2) is 60.7 Å². The fraction of sp³-hybridized carbons (Fsp3) is 0.320. The summed E-state index contributed by atoms with van der Waals surface area (Å²) in [5.41, 5.74) is 0.637. The normalized spacial score (nSPS) is 15.2. The van der Waals surface area contributed by atoms with Crippen LogP contribution in [0.4, 0.5) is 4.39 Å². The summed E-state index contributed by atoms with van der Waals surface area (Å²) in [6.45, 7) is 2.99. The van der Waals surface area contributed by atoms with Gasteiger partial charge in [-0.3, -0.25) is 9.69 Å². The first-order chi connectivity index (χ1) is 15.1. The van der Waals surface area contributed by atoms with Crippen LogP contribution in [0.2, 0.25) is 5.02 Å². The maximum atomic E-state index is 14.0. The van der Waals surface area contributed by atoms with Gasteiger partial charge in [0.2, 0.25) is 5.91 Å². The average molecular weight is 441 g/mol. The summed E-state index contributed by atoms with van der Waals surface area (Å²) >= 11 is 5.82. The molecule has 0 aromatic heterocycles. The maximum Gasteiger partial charge on any atom is 0.223 e. The number of nitrogens with zero attached hydrogens (tertiary/aromatic N) is 1. The lowest BCUT2D eigenvalue weighted by atomic mass is 9.95. The Labute approximate surface area is 187 Å². The molecular weight excluding hydrogens is 415 g/mol. The van der Waals surface area contributed by atoms with Crippen LogP contribution in [0.1, 0.15) is 18.4 Å². The summed E-state index contributed by atoms with van der Waals surface area (Å²) in [4.78, 5) is 14.7. The van der Waals surface area contributed by atoms with E-state index in [9.17, 15) is 9.18 Å². The fourth-order valence-electron chi connectivity index (χ4n) is 3.99. The molecule has 6 heteroatoms. The second-order valence-corrected chi connectivity index (χ2v) is 8.37. The molecular formula is C25H26ClFN2O2. The van der Waals surface area contributed by atoms with Crippen molar-refractivity contribution in [3.8, 4) is 5.75 Å². The predicted octanol–water partition coefficient (Wildman–Crippen LogP) is 5.04. The Morgan fingerprint density at radius 3 is 2.61 bits per heavy atom. The number of nitrogens with one attached hydrogen (secondary N) is 1. The highest BCUT2D eigenvalue weighted by molar-refractivity contribution is 6.30. The molecule has 4 nitrogen and oxygen atoms in total. The molecule has 1 aliphatic rings. The molecule has 0 radical (unpaired) electrons. The molecule has 0 atom stereocenters. The van der Waals surface area contributed by atoms with E-state index < -0.39 is 0 Å². The van der Waals surface area contributed by atoms with Gasteiger partial charge in [-0.05, 0) is 61.0 Å². The first kappa shape index (κ1) is 21.6. The van der Waals surface area contributed by atoms with Gasteiger partial charge >= 0.3 is 0 Å². The van der Waals surface area contributed by atoms with Crippen molar-refractivity contribution in [2.45, 2.75) is 19.4 Å². The molecule has 1 saturated heterocycles. The van der Waals surface area contributed by atoms with Crippen LogP contribution in [0.3, 0.4) is 0 Å². The Morgan fingerprint density at radius 2 is 1.84 bits per heavy atom. The number of fused-ring (bicyclic) bond motifs is 1. The molecule has 0 spiro atoms. The Bertz CT molecular complexity index is 1050. The van der Waals surface area contributed by atoms with Gasteiger partial charge in [0, 0.05) is 23.0 Å². The average Bonchev–Trinajstić information content (AvgIpc) is 2.79. The summed E-state index contributed by atoms with van der Waals surface area (Å²) < 4.78 is 19.8. The molecule has 1 heterocycles. The van der Waals surface area contributed by atoms with Gasteiger partial charge in [0.25, 0.3) is 0 Å². The van der Waals surface area contributed by atoms with Crippen molar-refractivity contribution in [3.05, 3.63) is 77.1 Å². The Kier molecular flexibility index (Phi) is 7.05. The van der Waals surface area contributed by atoms with E-state index in [4.69, 9.17) is 16.3 Å². The van der Waals surface area contributed by atoms with Gasteiger partial charge in [-0.25, -0.2) is 4.39 Å². The zero-order chi connectivity index (χ0) is 21.6. The van der Waals surface area contributed by atoms with E-state index in [1.165, 1.54) is 11.5 Å².